The first-order chi connectivity index (χ1) is 11.7. The topological polar surface area (TPSA) is 53.4 Å². The van der Waals surface area contributed by atoms with Gasteiger partial charge in [-0.15, -0.1) is 0 Å². The van der Waals surface area contributed by atoms with E-state index in [0.29, 0.717) is 18.0 Å². The highest BCUT2D eigenvalue weighted by atomic mass is 16.5. The molecule has 0 N–H and O–H groups in total. The summed E-state index contributed by atoms with van der Waals surface area (Å²) in [6, 6.07) is 18.9. The molecule has 1 heterocycles. The summed E-state index contributed by atoms with van der Waals surface area (Å²) in [7, 11) is 1.72. The average Bonchev–Trinajstić information content (AvgIpc) is 2.99. The lowest BCUT2D eigenvalue weighted by Crippen LogP contribution is -2.10. The van der Waals surface area contributed by atoms with Crippen LogP contribution in [0.1, 0.15) is 17.4 Å². The van der Waals surface area contributed by atoms with Crippen molar-refractivity contribution >= 4 is 5.97 Å². The zero-order valence-electron chi connectivity index (χ0n) is 13.6. The molecule has 0 saturated carbocycles. The van der Waals surface area contributed by atoms with Crippen molar-refractivity contribution in [3.63, 3.8) is 0 Å². The van der Waals surface area contributed by atoms with Crippen LogP contribution < -0.4 is 4.74 Å². The zero-order chi connectivity index (χ0) is 16.9. The summed E-state index contributed by atoms with van der Waals surface area (Å²) in [4.78, 5) is 11.9. The van der Waals surface area contributed by atoms with E-state index in [-0.39, 0.29) is 5.97 Å². The number of carbonyl (C=O) groups is 1. The maximum Gasteiger partial charge on any atom is 0.356 e. The fourth-order valence-corrected chi connectivity index (χ4v) is 2.32. The van der Waals surface area contributed by atoms with Gasteiger partial charge in [0.05, 0.1) is 12.3 Å². The Bertz CT molecular complexity index is 824. The number of benzene rings is 2. The second-order valence-electron chi connectivity index (χ2n) is 5.20. The summed E-state index contributed by atoms with van der Waals surface area (Å²) in [5, 5.41) is 4.37. The molecular weight excluding hydrogens is 304 g/mol. The Balaban J connectivity index is 1.78. The van der Waals surface area contributed by atoms with Gasteiger partial charge < -0.3 is 9.47 Å². The molecular formula is C19H18N2O3. The fraction of sp³-hybridized carbons (Fsp3) is 0.158. The first-order valence-electron chi connectivity index (χ1n) is 7.72. The van der Waals surface area contributed by atoms with Crippen molar-refractivity contribution in [3.05, 3.63) is 66.4 Å². The number of nitrogens with zero attached hydrogens (tertiary/aromatic N) is 2. The maximum absolute atomic E-state index is 11.9. The lowest BCUT2D eigenvalue weighted by atomic mass is 10.1. The minimum atomic E-state index is -0.372. The van der Waals surface area contributed by atoms with Gasteiger partial charge in [-0.2, -0.15) is 5.10 Å². The molecule has 0 fully saturated rings. The Morgan fingerprint density at radius 3 is 2.38 bits per heavy atom. The second-order valence-corrected chi connectivity index (χ2v) is 5.20. The predicted molar refractivity (Wildman–Crippen MR) is 91.1 cm³/mol. The van der Waals surface area contributed by atoms with E-state index in [1.54, 1.807) is 20.0 Å². The summed E-state index contributed by atoms with van der Waals surface area (Å²) >= 11 is 0. The van der Waals surface area contributed by atoms with Crippen LogP contribution >= 0.6 is 0 Å². The van der Waals surface area contributed by atoms with E-state index in [9.17, 15) is 4.79 Å². The molecule has 3 rings (SSSR count). The van der Waals surface area contributed by atoms with Crippen LogP contribution in [0.25, 0.3) is 11.3 Å². The number of esters is 1. The largest absolute Gasteiger partial charge is 0.461 e. The normalized spacial score (nSPS) is 10.4. The molecule has 1 aromatic heterocycles. The third kappa shape index (κ3) is 3.46. The number of carbonyl (C=O) groups excluding carboxylic acids is 1. The molecule has 0 bridgehead atoms. The molecule has 5 nitrogen and oxygen atoms in total. The van der Waals surface area contributed by atoms with Crippen LogP contribution in [0.15, 0.2) is 60.7 Å². The summed E-state index contributed by atoms with van der Waals surface area (Å²) in [5.74, 6) is 1.15. The van der Waals surface area contributed by atoms with E-state index in [0.717, 1.165) is 17.1 Å². The quantitative estimate of drug-likeness (QED) is 0.665. The van der Waals surface area contributed by atoms with Crippen molar-refractivity contribution in [2.75, 3.05) is 6.61 Å². The Morgan fingerprint density at radius 2 is 1.71 bits per heavy atom. The summed E-state index contributed by atoms with van der Waals surface area (Å²) < 4.78 is 12.3. The lowest BCUT2D eigenvalue weighted by Gasteiger charge is -2.05. The molecule has 0 aliphatic rings. The predicted octanol–water partition coefficient (Wildman–Crippen LogP) is 4.06. The van der Waals surface area contributed by atoms with Crippen LogP contribution in [0.5, 0.6) is 11.5 Å². The molecule has 24 heavy (non-hydrogen) atoms. The van der Waals surface area contributed by atoms with E-state index in [1.165, 1.54) is 4.68 Å². The van der Waals surface area contributed by atoms with E-state index in [1.807, 2.05) is 54.6 Å². The molecule has 0 unspecified atom stereocenters. The number of ether oxygens (including phenoxy) is 2. The van der Waals surface area contributed by atoms with Gasteiger partial charge in [-0.1, -0.05) is 18.2 Å². The SMILES string of the molecule is CCOC(=O)c1cc(-c2ccc(Oc3ccccc3)cc2)nn1C. The van der Waals surface area contributed by atoms with Crippen LogP contribution in [-0.2, 0) is 11.8 Å². The van der Waals surface area contributed by atoms with Crippen LogP contribution in [0.2, 0.25) is 0 Å². The molecule has 0 saturated heterocycles. The van der Waals surface area contributed by atoms with Crippen molar-refractivity contribution in [1.29, 1.82) is 0 Å². The first-order valence-corrected chi connectivity index (χ1v) is 7.72. The first kappa shape index (κ1) is 15.8. The van der Waals surface area contributed by atoms with Crippen LogP contribution in [-0.4, -0.2) is 22.4 Å². The van der Waals surface area contributed by atoms with Crippen molar-refractivity contribution in [1.82, 2.24) is 9.78 Å². The van der Waals surface area contributed by atoms with Crippen molar-refractivity contribution in [2.24, 2.45) is 7.05 Å². The number of aromatic nitrogens is 2. The highest BCUT2D eigenvalue weighted by Gasteiger charge is 2.15. The highest BCUT2D eigenvalue weighted by Crippen LogP contribution is 2.25. The number of aryl methyl sites for hydroxylation is 1. The molecule has 0 atom stereocenters. The molecule has 2 aromatic carbocycles. The molecule has 5 heteroatoms. The van der Waals surface area contributed by atoms with Gasteiger partial charge in [0.15, 0.2) is 0 Å². The number of hydrogen-bond donors (Lipinski definition) is 0. The number of rotatable bonds is 5. The van der Waals surface area contributed by atoms with Gasteiger partial charge in [-0.05, 0) is 49.4 Å². The van der Waals surface area contributed by atoms with Crippen molar-refractivity contribution in [2.45, 2.75) is 6.92 Å². The minimum absolute atomic E-state index is 0.338. The summed E-state index contributed by atoms with van der Waals surface area (Å²) in [6.45, 7) is 2.12. The van der Waals surface area contributed by atoms with E-state index >= 15 is 0 Å². The molecule has 3 aromatic rings. The standard InChI is InChI=1S/C19H18N2O3/c1-3-23-19(22)18-13-17(20-21(18)2)14-9-11-16(12-10-14)24-15-7-5-4-6-8-15/h4-13H,3H2,1-2H3. The van der Waals surface area contributed by atoms with Gasteiger partial charge in [0.2, 0.25) is 0 Å². The van der Waals surface area contributed by atoms with Crippen molar-refractivity contribution < 1.29 is 14.3 Å². The second kappa shape index (κ2) is 7.00. The van der Waals surface area contributed by atoms with Crippen molar-refractivity contribution in [3.8, 4) is 22.8 Å². The molecule has 0 radical (unpaired) electrons. The molecule has 122 valence electrons. The summed E-state index contributed by atoms with van der Waals surface area (Å²) in [5.41, 5.74) is 2.05. The minimum Gasteiger partial charge on any atom is -0.461 e. The number of para-hydroxylation sites is 1. The van der Waals surface area contributed by atoms with E-state index < -0.39 is 0 Å². The van der Waals surface area contributed by atoms with E-state index in [4.69, 9.17) is 9.47 Å². The molecule has 0 spiro atoms. The monoisotopic (exact) mass is 322 g/mol. The Labute approximate surface area is 140 Å². The fourth-order valence-electron chi connectivity index (χ4n) is 2.32. The maximum atomic E-state index is 11.9. The number of hydrogen-bond acceptors (Lipinski definition) is 4. The van der Waals surface area contributed by atoms with Gasteiger partial charge in [-0.3, -0.25) is 4.68 Å². The van der Waals surface area contributed by atoms with Crippen LogP contribution in [0, 0.1) is 0 Å². The van der Waals surface area contributed by atoms with E-state index in [2.05, 4.69) is 5.10 Å². The van der Waals surface area contributed by atoms with Crippen LogP contribution in [0.4, 0.5) is 0 Å². The zero-order valence-corrected chi connectivity index (χ0v) is 13.6. The Kier molecular flexibility index (Phi) is 4.61. The lowest BCUT2D eigenvalue weighted by molar-refractivity contribution is 0.0513. The average molecular weight is 322 g/mol. The molecule has 0 aliphatic heterocycles. The van der Waals surface area contributed by atoms with Gasteiger partial charge in [0.1, 0.15) is 17.2 Å². The van der Waals surface area contributed by atoms with Gasteiger partial charge in [0.25, 0.3) is 0 Å². The molecule has 0 aliphatic carbocycles. The third-order valence-corrected chi connectivity index (χ3v) is 3.49. The van der Waals surface area contributed by atoms with Gasteiger partial charge in [0, 0.05) is 12.6 Å². The smallest absolute Gasteiger partial charge is 0.356 e. The molecule has 0 amide bonds. The summed E-state index contributed by atoms with van der Waals surface area (Å²) in [6.07, 6.45) is 0. The van der Waals surface area contributed by atoms with Gasteiger partial charge >= 0.3 is 5.97 Å². The Hall–Kier alpha value is -3.08. The third-order valence-electron chi connectivity index (χ3n) is 3.49. The Morgan fingerprint density at radius 1 is 1.04 bits per heavy atom. The van der Waals surface area contributed by atoms with Crippen LogP contribution in [0.3, 0.4) is 0 Å². The van der Waals surface area contributed by atoms with Gasteiger partial charge in [-0.25, -0.2) is 4.79 Å². The highest BCUT2D eigenvalue weighted by molar-refractivity contribution is 5.89.